The van der Waals surface area contributed by atoms with Gasteiger partial charge in [-0.1, -0.05) is 25.2 Å². The molecule has 21 heavy (non-hydrogen) atoms. The first kappa shape index (κ1) is 16.4. The average Bonchev–Trinajstić information content (AvgIpc) is 2.91. The van der Waals surface area contributed by atoms with E-state index in [1.807, 2.05) is 25.2 Å². The molecule has 0 aromatic rings. The fourth-order valence-corrected chi connectivity index (χ4v) is 3.88. The zero-order valence-electron chi connectivity index (χ0n) is 12.9. The van der Waals surface area contributed by atoms with Gasteiger partial charge in [-0.05, 0) is 43.4 Å². The SMILES string of the molecule is C=CCCCC(C)C(O)C=CC1C(O)CC2CC(=O)CC21. The molecule has 0 spiro atoms. The monoisotopic (exact) mass is 292 g/mol. The van der Waals surface area contributed by atoms with Gasteiger partial charge in [0.2, 0.25) is 0 Å². The van der Waals surface area contributed by atoms with Crippen molar-refractivity contribution in [3.05, 3.63) is 24.8 Å². The normalized spacial score (nSPS) is 35.1. The summed E-state index contributed by atoms with van der Waals surface area (Å²) in [6, 6.07) is 0. The van der Waals surface area contributed by atoms with Crippen molar-refractivity contribution < 1.29 is 15.0 Å². The predicted molar refractivity (Wildman–Crippen MR) is 83.7 cm³/mol. The molecular weight excluding hydrogens is 264 g/mol. The fraction of sp³-hybridized carbons (Fsp3) is 0.722. The Morgan fingerprint density at radius 1 is 1.43 bits per heavy atom. The largest absolute Gasteiger partial charge is 0.392 e. The molecular formula is C18H28O3. The highest BCUT2D eigenvalue weighted by atomic mass is 16.3. The molecule has 0 aromatic carbocycles. The summed E-state index contributed by atoms with van der Waals surface area (Å²) in [5.41, 5.74) is 0. The Hall–Kier alpha value is -0.930. The Balaban J connectivity index is 1.87. The molecule has 3 nitrogen and oxygen atoms in total. The van der Waals surface area contributed by atoms with Gasteiger partial charge in [-0.25, -0.2) is 0 Å². The van der Waals surface area contributed by atoms with E-state index in [2.05, 4.69) is 6.58 Å². The lowest BCUT2D eigenvalue weighted by Gasteiger charge is -2.19. The van der Waals surface area contributed by atoms with E-state index in [1.54, 1.807) is 0 Å². The van der Waals surface area contributed by atoms with Crippen LogP contribution in [0.15, 0.2) is 24.8 Å². The van der Waals surface area contributed by atoms with E-state index < -0.39 is 6.10 Å². The second kappa shape index (κ2) is 7.37. The van der Waals surface area contributed by atoms with Gasteiger partial charge in [0, 0.05) is 18.8 Å². The third-order valence-corrected chi connectivity index (χ3v) is 5.22. The molecule has 3 heteroatoms. The molecule has 0 heterocycles. The van der Waals surface area contributed by atoms with Gasteiger partial charge in [-0.3, -0.25) is 4.79 Å². The smallest absolute Gasteiger partial charge is 0.133 e. The minimum absolute atomic E-state index is 0.0384. The van der Waals surface area contributed by atoms with Gasteiger partial charge in [0.05, 0.1) is 12.2 Å². The standard InChI is InChI=1S/C18H28O3/c1-3-4-5-6-12(2)17(20)8-7-15-16-11-14(19)9-13(16)10-18(15)21/h3,7-8,12-13,15-18,20-21H,1,4-6,9-11H2,2H3. The summed E-state index contributed by atoms with van der Waals surface area (Å²) >= 11 is 0. The van der Waals surface area contributed by atoms with E-state index in [1.165, 1.54) is 0 Å². The number of rotatable bonds is 7. The molecule has 2 fully saturated rings. The van der Waals surface area contributed by atoms with Crippen molar-refractivity contribution in [2.45, 2.75) is 57.7 Å². The maximum Gasteiger partial charge on any atom is 0.133 e. The number of aliphatic hydroxyl groups is 2. The Morgan fingerprint density at radius 3 is 2.90 bits per heavy atom. The average molecular weight is 292 g/mol. The molecule has 2 rings (SSSR count). The maximum atomic E-state index is 11.5. The van der Waals surface area contributed by atoms with Crippen LogP contribution in [-0.4, -0.2) is 28.2 Å². The van der Waals surface area contributed by atoms with Crippen molar-refractivity contribution in [2.75, 3.05) is 0 Å². The minimum Gasteiger partial charge on any atom is -0.392 e. The Bertz CT molecular complexity index is 401. The van der Waals surface area contributed by atoms with Gasteiger partial charge in [0.1, 0.15) is 5.78 Å². The number of Topliss-reactive ketones (excluding diaryl/α,β-unsaturated/α-hetero) is 1. The van der Waals surface area contributed by atoms with Gasteiger partial charge in [-0.15, -0.1) is 6.58 Å². The lowest BCUT2D eigenvalue weighted by atomic mass is 9.89. The van der Waals surface area contributed by atoms with Crippen LogP contribution in [0.25, 0.3) is 0 Å². The fourth-order valence-electron chi connectivity index (χ4n) is 3.88. The van der Waals surface area contributed by atoms with Crippen LogP contribution in [0, 0.1) is 23.7 Å². The first-order chi connectivity index (χ1) is 10.0. The van der Waals surface area contributed by atoms with Gasteiger partial charge in [0.25, 0.3) is 0 Å². The van der Waals surface area contributed by atoms with Crippen LogP contribution in [0.3, 0.4) is 0 Å². The number of unbranched alkanes of at least 4 members (excludes halogenated alkanes) is 1. The number of carbonyl (C=O) groups excluding carboxylic acids is 1. The summed E-state index contributed by atoms with van der Waals surface area (Å²) in [6.45, 7) is 5.75. The lowest BCUT2D eigenvalue weighted by Crippen LogP contribution is -2.20. The highest BCUT2D eigenvalue weighted by Crippen LogP contribution is 2.46. The van der Waals surface area contributed by atoms with Crippen LogP contribution in [0.2, 0.25) is 0 Å². The number of hydrogen-bond acceptors (Lipinski definition) is 3. The zero-order valence-corrected chi connectivity index (χ0v) is 12.9. The lowest BCUT2D eigenvalue weighted by molar-refractivity contribution is -0.118. The van der Waals surface area contributed by atoms with Crippen LogP contribution in [0.4, 0.5) is 0 Å². The van der Waals surface area contributed by atoms with E-state index in [4.69, 9.17) is 0 Å². The molecule has 0 radical (unpaired) electrons. The Morgan fingerprint density at radius 2 is 2.19 bits per heavy atom. The molecule has 118 valence electrons. The van der Waals surface area contributed by atoms with Crippen molar-refractivity contribution in [2.24, 2.45) is 23.7 Å². The van der Waals surface area contributed by atoms with Crippen LogP contribution >= 0.6 is 0 Å². The van der Waals surface area contributed by atoms with Crippen LogP contribution in [0.5, 0.6) is 0 Å². The molecule has 2 aliphatic carbocycles. The first-order valence-corrected chi connectivity index (χ1v) is 8.20. The molecule has 6 atom stereocenters. The number of fused-ring (bicyclic) bond motifs is 1. The Kier molecular flexibility index (Phi) is 5.77. The summed E-state index contributed by atoms with van der Waals surface area (Å²) in [7, 11) is 0. The number of ketones is 1. The Labute approximate surface area is 127 Å². The number of hydrogen-bond donors (Lipinski definition) is 2. The van der Waals surface area contributed by atoms with Gasteiger partial charge < -0.3 is 10.2 Å². The molecule has 6 unspecified atom stereocenters. The molecule has 0 saturated heterocycles. The van der Waals surface area contributed by atoms with Gasteiger partial charge in [0.15, 0.2) is 0 Å². The third-order valence-electron chi connectivity index (χ3n) is 5.22. The number of allylic oxidation sites excluding steroid dienone is 1. The molecule has 2 aliphatic rings. The van der Waals surface area contributed by atoms with Gasteiger partial charge >= 0.3 is 0 Å². The second-order valence-electron chi connectivity index (χ2n) is 6.82. The summed E-state index contributed by atoms with van der Waals surface area (Å²) < 4.78 is 0. The van der Waals surface area contributed by atoms with Crippen molar-refractivity contribution in [1.82, 2.24) is 0 Å². The molecule has 0 amide bonds. The molecule has 0 aromatic heterocycles. The van der Waals surface area contributed by atoms with Crippen molar-refractivity contribution in [3.8, 4) is 0 Å². The molecule has 0 aliphatic heterocycles. The van der Waals surface area contributed by atoms with E-state index in [9.17, 15) is 15.0 Å². The predicted octanol–water partition coefficient (Wildman–Crippen LogP) is 2.87. The third kappa shape index (κ3) is 4.04. The molecule has 2 saturated carbocycles. The van der Waals surface area contributed by atoms with E-state index in [0.29, 0.717) is 24.5 Å². The van der Waals surface area contributed by atoms with Crippen molar-refractivity contribution >= 4 is 5.78 Å². The van der Waals surface area contributed by atoms with Gasteiger partial charge in [-0.2, -0.15) is 0 Å². The highest BCUT2D eigenvalue weighted by molar-refractivity contribution is 5.81. The molecule has 2 N–H and O–H groups in total. The summed E-state index contributed by atoms with van der Waals surface area (Å²) in [5.74, 6) is 1.21. The highest BCUT2D eigenvalue weighted by Gasteiger charge is 2.46. The van der Waals surface area contributed by atoms with E-state index >= 15 is 0 Å². The van der Waals surface area contributed by atoms with Crippen molar-refractivity contribution in [1.29, 1.82) is 0 Å². The zero-order chi connectivity index (χ0) is 15.4. The summed E-state index contributed by atoms with van der Waals surface area (Å²) in [5, 5.41) is 20.3. The maximum absolute atomic E-state index is 11.5. The molecule has 0 bridgehead atoms. The minimum atomic E-state index is -0.474. The van der Waals surface area contributed by atoms with Crippen LogP contribution in [0.1, 0.15) is 45.4 Å². The first-order valence-electron chi connectivity index (χ1n) is 8.20. The van der Waals surface area contributed by atoms with Crippen LogP contribution < -0.4 is 0 Å². The van der Waals surface area contributed by atoms with Crippen LogP contribution in [-0.2, 0) is 4.79 Å². The topological polar surface area (TPSA) is 57.5 Å². The number of carbonyl (C=O) groups is 1. The number of aliphatic hydroxyl groups excluding tert-OH is 2. The van der Waals surface area contributed by atoms with E-state index in [0.717, 1.165) is 25.7 Å². The quantitative estimate of drug-likeness (QED) is 0.560. The summed E-state index contributed by atoms with van der Waals surface area (Å²) in [4.78, 5) is 11.5. The van der Waals surface area contributed by atoms with Crippen molar-refractivity contribution in [3.63, 3.8) is 0 Å². The summed E-state index contributed by atoms with van der Waals surface area (Å²) in [6.07, 6.45) is 9.82. The second-order valence-corrected chi connectivity index (χ2v) is 6.82. The van der Waals surface area contributed by atoms with E-state index in [-0.39, 0.29) is 23.9 Å².